The van der Waals surface area contributed by atoms with E-state index in [4.69, 9.17) is 5.11 Å². The predicted molar refractivity (Wildman–Crippen MR) is 52.8 cm³/mol. The number of carboxylic acid groups (broad SMARTS) is 1. The van der Waals surface area contributed by atoms with Crippen molar-refractivity contribution in [1.29, 1.82) is 0 Å². The Morgan fingerprint density at radius 1 is 1.47 bits per heavy atom. The third kappa shape index (κ3) is 1.81. The van der Waals surface area contributed by atoms with Crippen LogP contribution in [0.15, 0.2) is 18.3 Å². The summed E-state index contributed by atoms with van der Waals surface area (Å²) in [5.41, 5.74) is 0.660. The molecular weight excluding hydrogens is 196 g/mol. The summed E-state index contributed by atoms with van der Waals surface area (Å²) in [7, 11) is 0. The second-order valence-corrected chi connectivity index (χ2v) is 3.36. The van der Waals surface area contributed by atoms with Crippen molar-refractivity contribution < 1.29 is 14.7 Å². The van der Waals surface area contributed by atoms with Gasteiger partial charge in [0.1, 0.15) is 5.69 Å². The lowest BCUT2D eigenvalue weighted by molar-refractivity contribution is -0.117. The number of pyridine rings is 1. The molecule has 0 unspecified atom stereocenters. The summed E-state index contributed by atoms with van der Waals surface area (Å²) in [5.74, 6) is -0.992. The Morgan fingerprint density at radius 2 is 2.27 bits per heavy atom. The first-order valence-corrected chi connectivity index (χ1v) is 4.68. The summed E-state index contributed by atoms with van der Waals surface area (Å²) in [6.45, 7) is 0.687. The van der Waals surface area contributed by atoms with E-state index in [-0.39, 0.29) is 11.6 Å². The Morgan fingerprint density at radius 3 is 2.73 bits per heavy atom. The van der Waals surface area contributed by atoms with Gasteiger partial charge in [0.25, 0.3) is 0 Å². The Bertz CT molecular complexity index is 400. The van der Waals surface area contributed by atoms with E-state index in [0.29, 0.717) is 18.7 Å². The van der Waals surface area contributed by atoms with Gasteiger partial charge in [0, 0.05) is 13.0 Å². The highest BCUT2D eigenvalue weighted by Crippen LogP contribution is 2.20. The van der Waals surface area contributed by atoms with E-state index in [1.807, 2.05) is 0 Å². The number of aromatic carboxylic acids is 1. The minimum absolute atomic E-state index is 0.00889. The molecule has 0 aromatic carbocycles. The Hall–Kier alpha value is -1.91. The lowest BCUT2D eigenvalue weighted by atomic mass is 10.3. The first kappa shape index (κ1) is 9.64. The van der Waals surface area contributed by atoms with Crippen molar-refractivity contribution in [1.82, 2.24) is 4.98 Å². The quantitative estimate of drug-likeness (QED) is 0.780. The van der Waals surface area contributed by atoms with Crippen LogP contribution >= 0.6 is 0 Å². The van der Waals surface area contributed by atoms with Crippen molar-refractivity contribution in [2.75, 3.05) is 11.4 Å². The molecule has 1 aliphatic heterocycles. The summed E-state index contributed by atoms with van der Waals surface area (Å²) < 4.78 is 0. The summed E-state index contributed by atoms with van der Waals surface area (Å²) in [6.07, 6.45) is 2.83. The zero-order chi connectivity index (χ0) is 10.8. The molecule has 5 heteroatoms. The maximum atomic E-state index is 11.4. The van der Waals surface area contributed by atoms with E-state index in [2.05, 4.69) is 4.98 Å². The molecule has 5 nitrogen and oxygen atoms in total. The standard InChI is InChI=1S/C10H10N2O3/c13-9-2-1-5-12(9)7-3-4-8(10(14)15)11-6-7/h3-4,6H,1-2,5H2,(H,14,15). The van der Waals surface area contributed by atoms with Crippen molar-refractivity contribution in [2.24, 2.45) is 0 Å². The van der Waals surface area contributed by atoms with Gasteiger partial charge in [0.15, 0.2) is 0 Å². The molecule has 0 spiro atoms. The maximum absolute atomic E-state index is 11.4. The number of nitrogens with zero attached hydrogens (tertiary/aromatic N) is 2. The normalized spacial score (nSPS) is 15.7. The average Bonchev–Trinajstić information content (AvgIpc) is 2.65. The van der Waals surface area contributed by atoms with Crippen LogP contribution in [0, 0.1) is 0 Å². The third-order valence-electron chi connectivity index (χ3n) is 2.35. The number of rotatable bonds is 2. The molecule has 1 aromatic rings. The number of hydrogen-bond acceptors (Lipinski definition) is 3. The van der Waals surface area contributed by atoms with Crippen LogP contribution in [0.25, 0.3) is 0 Å². The summed E-state index contributed by atoms with van der Waals surface area (Å²) in [6, 6.07) is 3.02. The Labute approximate surface area is 86.3 Å². The molecule has 0 aliphatic carbocycles. The summed E-state index contributed by atoms with van der Waals surface area (Å²) in [4.78, 5) is 27.3. The van der Waals surface area contributed by atoms with Crippen LogP contribution in [-0.2, 0) is 4.79 Å². The Kier molecular flexibility index (Phi) is 2.37. The van der Waals surface area contributed by atoms with Gasteiger partial charge >= 0.3 is 5.97 Å². The molecule has 15 heavy (non-hydrogen) atoms. The second kappa shape index (κ2) is 3.68. The van der Waals surface area contributed by atoms with Gasteiger partial charge in [-0.05, 0) is 18.6 Å². The molecule has 0 atom stereocenters. The smallest absolute Gasteiger partial charge is 0.354 e. The first-order valence-electron chi connectivity index (χ1n) is 4.68. The van der Waals surface area contributed by atoms with Crippen LogP contribution in [0.4, 0.5) is 5.69 Å². The van der Waals surface area contributed by atoms with Crippen LogP contribution in [0.5, 0.6) is 0 Å². The predicted octanol–water partition coefficient (Wildman–Crippen LogP) is 0.907. The van der Waals surface area contributed by atoms with Crippen LogP contribution in [0.2, 0.25) is 0 Å². The lowest BCUT2D eigenvalue weighted by Crippen LogP contribution is -2.23. The number of amides is 1. The van der Waals surface area contributed by atoms with Gasteiger partial charge in [0.2, 0.25) is 5.91 Å². The van der Waals surface area contributed by atoms with Crippen molar-refractivity contribution in [2.45, 2.75) is 12.8 Å². The minimum atomic E-state index is -1.06. The zero-order valence-electron chi connectivity index (χ0n) is 8.01. The molecular formula is C10H10N2O3. The molecule has 2 rings (SSSR count). The minimum Gasteiger partial charge on any atom is -0.477 e. The van der Waals surface area contributed by atoms with Crippen LogP contribution in [0.3, 0.4) is 0 Å². The number of carboxylic acids is 1. The highest BCUT2D eigenvalue weighted by molar-refractivity contribution is 5.95. The van der Waals surface area contributed by atoms with Crippen molar-refractivity contribution >= 4 is 17.6 Å². The van der Waals surface area contributed by atoms with E-state index >= 15 is 0 Å². The molecule has 1 N–H and O–H groups in total. The second-order valence-electron chi connectivity index (χ2n) is 3.36. The molecule has 0 radical (unpaired) electrons. The summed E-state index contributed by atoms with van der Waals surface area (Å²) >= 11 is 0. The Balaban J connectivity index is 2.23. The van der Waals surface area contributed by atoms with Gasteiger partial charge in [-0.15, -0.1) is 0 Å². The number of anilines is 1. The van der Waals surface area contributed by atoms with Crippen LogP contribution in [-0.4, -0.2) is 28.5 Å². The van der Waals surface area contributed by atoms with E-state index < -0.39 is 5.97 Å². The van der Waals surface area contributed by atoms with Crippen LogP contribution in [0.1, 0.15) is 23.3 Å². The fourth-order valence-corrected chi connectivity index (χ4v) is 1.59. The summed E-state index contributed by atoms with van der Waals surface area (Å²) in [5, 5.41) is 8.65. The van der Waals surface area contributed by atoms with Gasteiger partial charge in [-0.1, -0.05) is 0 Å². The zero-order valence-corrected chi connectivity index (χ0v) is 8.01. The molecule has 2 heterocycles. The molecule has 1 aromatic heterocycles. The molecule has 1 aliphatic rings. The first-order chi connectivity index (χ1) is 7.18. The van der Waals surface area contributed by atoms with Gasteiger partial charge in [-0.25, -0.2) is 9.78 Å². The number of hydrogen-bond donors (Lipinski definition) is 1. The van der Waals surface area contributed by atoms with E-state index in [1.54, 1.807) is 11.0 Å². The SMILES string of the molecule is O=C(O)c1ccc(N2CCCC2=O)cn1. The van der Waals surface area contributed by atoms with Crippen molar-refractivity contribution in [3.63, 3.8) is 0 Å². The van der Waals surface area contributed by atoms with E-state index in [1.165, 1.54) is 12.3 Å². The lowest BCUT2D eigenvalue weighted by Gasteiger charge is -2.14. The molecule has 78 valence electrons. The molecule has 0 saturated carbocycles. The maximum Gasteiger partial charge on any atom is 0.354 e. The van der Waals surface area contributed by atoms with E-state index in [9.17, 15) is 9.59 Å². The molecule has 0 bridgehead atoms. The highest BCUT2D eigenvalue weighted by atomic mass is 16.4. The van der Waals surface area contributed by atoms with E-state index in [0.717, 1.165) is 6.42 Å². The average molecular weight is 206 g/mol. The van der Waals surface area contributed by atoms with Gasteiger partial charge in [-0.3, -0.25) is 4.79 Å². The van der Waals surface area contributed by atoms with Gasteiger partial charge < -0.3 is 10.0 Å². The number of carbonyl (C=O) groups excluding carboxylic acids is 1. The fraction of sp³-hybridized carbons (Fsp3) is 0.300. The van der Waals surface area contributed by atoms with Gasteiger partial charge in [-0.2, -0.15) is 0 Å². The van der Waals surface area contributed by atoms with Crippen molar-refractivity contribution in [3.8, 4) is 0 Å². The number of carbonyl (C=O) groups is 2. The molecule has 1 amide bonds. The third-order valence-corrected chi connectivity index (χ3v) is 2.35. The largest absolute Gasteiger partial charge is 0.477 e. The molecule has 1 saturated heterocycles. The van der Waals surface area contributed by atoms with Crippen molar-refractivity contribution in [3.05, 3.63) is 24.0 Å². The fourth-order valence-electron chi connectivity index (χ4n) is 1.59. The topological polar surface area (TPSA) is 70.5 Å². The van der Waals surface area contributed by atoms with Crippen LogP contribution < -0.4 is 4.90 Å². The monoisotopic (exact) mass is 206 g/mol. The van der Waals surface area contributed by atoms with Gasteiger partial charge in [0.05, 0.1) is 11.9 Å². The molecule has 1 fully saturated rings. The highest BCUT2D eigenvalue weighted by Gasteiger charge is 2.21. The number of aromatic nitrogens is 1.